The van der Waals surface area contributed by atoms with Crippen molar-refractivity contribution in [2.75, 3.05) is 22.3 Å². The summed E-state index contributed by atoms with van der Waals surface area (Å²) in [6.07, 6.45) is 0. The van der Waals surface area contributed by atoms with Crippen LogP contribution in [0.15, 0.2) is 56.7 Å². The minimum absolute atomic E-state index is 0.269. The Morgan fingerprint density at radius 1 is 1.19 bits per heavy atom. The predicted octanol–water partition coefficient (Wildman–Crippen LogP) is 3.33. The number of halogens is 1. The summed E-state index contributed by atoms with van der Waals surface area (Å²) in [4.78, 5) is 1.20. The molecule has 2 aromatic carbocycles. The molecule has 0 atom stereocenters. The van der Waals surface area contributed by atoms with E-state index in [1.54, 1.807) is 48.2 Å². The molecule has 0 unspecified atom stereocenters. The first-order valence-corrected chi connectivity index (χ1v) is 9.51. The molecule has 1 aliphatic heterocycles. The summed E-state index contributed by atoms with van der Waals surface area (Å²) in [5, 5.41) is 0. The van der Waals surface area contributed by atoms with Gasteiger partial charge in [-0.15, -0.1) is 11.8 Å². The van der Waals surface area contributed by atoms with Gasteiger partial charge < -0.3 is 5.73 Å². The lowest BCUT2D eigenvalue weighted by molar-refractivity contribution is 0.591. The Kier molecular flexibility index (Phi) is 3.90. The van der Waals surface area contributed by atoms with E-state index >= 15 is 0 Å². The van der Waals surface area contributed by atoms with Crippen LogP contribution in [-0.2, 0) is 10.0 Å². The molecule has 1 heterocycles. The van der Waals surface area contributed by atoms with Gasteiger partial charge in [0.05, 0.1) is 5.69 Å². The zero-order valence-electron chi connectivity index (χ0n) is 11.0. The van der Waals surface area contributed by atoms with Crippen LogP contribution >= 0.6 is 27.7 Å². The van der Waals surface area contributed by atoms with Gasteiger partial charge in [-0.05, 0) is 46.3 Å². The summed E-state index contributed by atoms with van der Waals surface area (Å²) in [5.41, 5.74) is 7.03. The van der Waals surface area contributed by atoms with Gasteiger partial charge in [0.15, 0.2) is 0 Å². The molecule has 4 nitrogen and oxygen atoms in total. The zero-order chi connectivity index (χ0) is 15.0. The lowest BCUT2D eigenvalue weighted by Crippen LogP contribution is -2.35. The molecule has 0 bridgehead atoms. The minimum atomic E-state index is -3.61. The van der Waals surface area contributed by atoms with Crippen LogP contribution in [0.2, 0.25) is 0 Å². The molecule has 1 aliphatic rings. The largest absolute Gasteiger partial charge is 0.399 e. The second-order valence-corrected chi connectivity index (χ2v) is 8.41. The van der Waals surface area contributed by atoms with Crippen molar-refractivity contribution in [1.29, 1.82) is 0 Å². The molecule has 0 spiro atoms. The van der Waals surface area contributed by atoms with Crippen molar-refractivity contribution in [1.82, 2.24) is 0 Å². The molecule has 3 rings (SSSR count). The monoisotopic (exact) mass is 384 g/mol. The van der Waals surface area contributed by atoms with Crippen molar-refractivity contribution in [2.24, 2.45) is 0 Å². The standard InChI is InChI=1S/C14H13BrN2O2S2/c15-11-3-1-2-4-14(11)21(18,19)17-7-8-20-13-6-5-10(16)9-12(13)17/h1-6,9H,7-8,16H2. The lowest BCUT2D eigenvalue weighted by atomic mass is 10.3. The average Bonchev–Trinajstić information content (AvgIpc) is 2.46. The van der Waals surface area contributed by atoms with Gasteiger partial charge in [-0.2, -0.15) is 0 Å². The third kappa shape index (κ3) is 2.65. The molecule has 0 aliphatic carbocycles. The Morgan fingerprint density at radius 3 is 2.71 bits per heavy atom. The topological polar surface area (TPSA) is 63.4 Å². The molecule has 2 aromatic rings. The van der Waals surface area contributed by atoms with E-state index < -0.39 is 10.0 Å². The molecular formula is C14H13BrN2O2S2. The Bertz CT molecular complexity index is 793. The van der Waals surface area contributed by atoms with Crippen LogP contribution in [0.25, 0.3) is 0 Å². The minimum Gasteiger partial charge on any atom is -0.399 e. The highest BCUT2D eigenvalue weighted by atomic mass is 79.9. The Balaban J connectivity index is 2.14. The molecule has 110 valence electrons. The predicted molar refractivity (Wildman–Crippen MR) is 90.3 cm³/mol. The third-order valence-electron chi connectivity index (χ3n) is 3.21. The first-order valence-electron chi connectivity index (χ1n) is 6.30. The summed E-state index contributed by atoms with van der Waals surface area (Å²) in [7, 11) is -3.61. The number of fused-ring (bicyclic) bond motifs is 1. The SMILES string of the molecule is Nc1ccc2c(c1)N(S(=O)(=O)c1ccccc1Br)CCS2. The molecule has 2 N–H and O–H groups in total. The normalized spacial score (nSPS) is 14.8. The molecule has 7 heteroatoms. The lowest BCUT2D eigenvalue weighted by Gasteiger charge is -2.30. The number of nitrogen functional groups attached to an aromatic ring is 1. The Morgan fingerprint density at radius 2 is 1.95 bits per heavy atom. The van der Waals surface area contributed by atoms with Gasteiger partial charge in [0.25, 0.3) is 10.0 Å². The van der Waals surface area contributed by atoms with E-state index in [9.17, 15) is 8.42 Å². The van der Waals surface area contributed by atoms with E-state index in [2.05, 4.69) is 15.9 Å². The molecule has 0 aromatic heterocycles. The maximum atomic E-state index is 12.9. The first-order chi connectivity index (χ1) is 10.00. The third-order valence-corrected chi connectivity index (χ3v) is 7.08. The fraction of sp³-hybridized carbons (Fsp3) is 0.143. The summed E-state index contributed by atoms with van der Waals surface area (Å²) in [6, 6.07) is 12.2. The zero-order valence-corrected chi connectivity index (χ0v) is 14.2. The number of nitrogens with two attached hydrogens (primary N) is 1. The van der Waals surface area contributed by atoms with E-state index in [0.29, 0.717) is 22.4 Å². The number of hydrogen-bond donors (Lipinski definition) is 1. The number of anilines is 2. The molecule has 0 saturated heterocycles. The fourth-order valence-electron chi connectivity index (χ4n) is 2.23. The Hall–Kier alpha value is -1.18. The number of sulfonamides is 1. The number of thioether (sulfide) groups is 1. The summed E-state index contributed by atoms with van der Waals surface area (Å²) in [5.74, 6) is 0.723. The van der Waals surface area contributed by atoms with E-state index in [1.807, 2.05) is 6.07 Å². The van der Waals surface area contributed by atoms with Gasteiger partial charge in [0.1, 0.15) is 4.90 Å². The van der Waals surface area contributed by atoms with E-state index in [4.69, 9.17) is 5.73 Å². The smallest absolute Gasteiger partial charge is 0.265 e. The first kappa shape index (κ1) is 14.7. The van der Waals surface area contributed by atoms with Crippen molar-refractivity contribution in [3.05, 3.63) is 46.9 Å². The van der Waals surface area contributed by atoms with Crippen molar-refractivity contribution in [3.63, 3.8) is 0 Å². The summed E-state index contributed by atoms with van der Waals surface area (Å²) >= 11 is 4.96. The van der Waals surface area contributed by atoms with Crippen LogP contribution in [0.5, 0.6) is 0 Å². The second-order valence-electron chi connectivity index (χ2n) is 4.58. The van der Waals surface area contributed by atoms with Gasteiger partial charge >= 0.3 is 0 Å². The summed E-state index contributed by atoms with van der Waals surface area (Å²) < 4.78 is 27.9. The Labute approximate surface area is 136 Å². The van der Waals surface area contributed by atoms with Crippen LogP contribution in [-0.4, -0.2) is 20.7 Å². The molecule has 0 amide bonds. The van der Waals surface area contributed by atoms with Gasteiger partial charge in [0, 0.05) is 27.4 Å². The highest BCUT2D eigenvalue weighted by Gasteiger charge is 2.30. The number of rotatable bonds is 2. The van der Waals surface area contributed by atoms with Gasteiger partial charge in [-0.3, -0.25) is 4.31 Å². The fourth-order valence-corrected chi connectivity index (χ4v) is 5.82. The number of benzene rings is 2. The van der Waals surface area contributed by atoms with Crippen LogP contribution < -0.4 is 10.0 Å². The van der Waals surface area contributed by atoms with Gasteiger partial charge in [-0.25, -0.2) is 8.42 Å². The van der Waals surface area contributed by atoms with Crippen molar-refractivity contribution < 1.29 is 8.42 Å². The van der Waals surface area contributed by atoms with Crippen LogP contribution in [0, 0.1) is 0 Å². The van der Waals surface area contributed by atoms with Crippen LogP contribution in [0.4, 0.5) is 11.4 Å². The van der Waals surface area contributed by atoms with E-state index in [0.717, 1.165) is 10.6 Å². The van der Waals surface area contributed by atoms with Gasteiger partial charge in [0.2, 0.25) is 0 Å². The molecule has 0 radical (unpaired) electrons. The maximum Gasteiger partial charge on any atom is 0.265 e. The van der Waals surface area contributed by atoms with Crippen molar-refractivity contribution in [3.8, 4) is 0 Å². The van der Waals surface area contributed by atoms with Crippen molar-refractivity contribution in [2.45, 2.75) is 9.79 Å². The maximum absolute atomic E-state index is 12.9. The average molecular weight is 385 g/mol. The number of nitrogens with zero attached hydrogens (tertiary/aromatic N) is 1. The van der Waals surface area contributed by atoms with Crippen LogP contribution in [0.3, 0.4) is 0 Å². The highest BCUT2D eigenvalue weighted by molar-refractivity contribution is 9.10. The van der Waals surface area contributed by atoms with E-state index in [-0.39, 0.29) is 4.90 Å². The van der Waals surface area contributed by atoms with Crippen LogP contribution in [0.1, 0.15) is 0 Å². The second kappa shape index (κ2) is 5.55. The highest BCUT2D eigenvalue weighted by Crippen LogP contribution is 2.39. The molecule has 21 heavy (non-hydrogen) atoms. The molecular weight excluding hydrogens is 372 g/mol. The summed E-state index contributed by atoms with van der Waals surface area (Å²) in [6.45, 7) is 0.435. The van der Waals surface area contributed by atoms with Gasteiger partial charge in [-0.1, -0.05) is 12.1 Å². The molecule has 0 saturated carbocycles. The molecule has 0 fully saturated rings. The number of hydrogen-bond acceptors (Lipinski definition) is 4. The quantitative estimate of drug-likeness (QED) is 0.806. The van der Waals surface area contributed by atoms with Crippen molar-refractivity contribution >= 4 is 49.1 Å². The van der Waals surface area contributed by atoms with E-state index in [1.165, 1.54) is 4.31 Å².